The van der Waals surface area contributed by atoms with Crippen LogP contribution in [-0.4, -0.2) is 15.5 Å². The maximum Gasteiger partial charge on any atom is 0.256 e. The van der Waals surface area contributed by atoms with Gasteiger partial charge in [0, 0.05) is 35.2 Å². The average Bonchev–Trinajstić information content (AvgIpc) is 2.95. The van der Waals surface area contributed by atoms with Crippen molar-refractivity contribution < 1.29 is 4.79 Å². The molecule has 116 valence electrons. The van der Waals surface area contributed by atoms with Gasteiger partial charge in [-0.05, 0) is 42.8 Å². The number of halogens is 1. The minimum absolute atomic E-state index is 0.138. The minimum Gasteiger partial charge on any atom is -0.331 e. The second kappa shape index (κ2) is 6.67. The van der Waals surface area contributed by atoms with Gasteiger partial charge in [0.25, 0.3) is 5.91 Å². The topological polar surface area (TPSA) is 46.9 Å². The van der Waals surface area contributed by atoms with E-state index in [4.69, 9.17) is 11.6 Å². The van der Waals surface area contributed by atoms with E-state index in [1.165, 1.54) is 0 Å². The molecule has 0 aliphatic rings. The highest BCUT2D eigenvalue weighted by atomic mass is 35.5. The van der Waals surface area contributed by atoms with E-state index in [1.807, 2.05) is 42.0 Å². The molecular weight excluding hydrogens is 310 g/mol. The zero-order chi connectivity index (χ0) is 16.2. The van der Waals surface area contributed by atoms with E-state index in [0.29, 0.717) is 22.8 Å². The van der Waals surface area contributed by atoms with E-state index in [9.17, 15) is 4.79 Å². The van der Waals surface area contributed by atoms with Crippen molar-refractivity contribution in [3.8, 4) is 0 Å². The van der Waals surface area contributed by atoms with E-state index < -0.39 is 0 Å². The Bertz CT molecular complexity index is 824. The molecule has 1 heterocycles. The Morgan fingerprint density at radius 3 is 2.61 bits per heavy atom. The second-order valence-corrected chi connectivity index (χ2v) is 5.66. The van der Waals surface area contributed by atoms with Crippen LogP contribution in [0.5, 0.6) is 0 Å². The summed E-state index contributed by atoms with van der Waals surface area (Å²) in [6.45, 7) is 2.55. The van der Waals surface area contributed by atoms with E-state index in [0.717, 1.165) is 11.4 Å². The van der Waals surface area contributed by atoms with Gasteiger partial charge in [-0.25, -0.2) is 4.98 Å². The summed E-state index contributed by atoms with van der Waals surface area (Å²) >= 11 is 5.86. The fourth-order valence-electron chi connectivity index (χ4n) is 2.37. The predicted octanol–water partition coefficient (Wildman–Crippen LogP) is 4.15. The van der Waals surface area contributed by atoms with Crippen molar-refractivity contribution in [2.75, 3.05) is 5.32 Å². The second-order valence-electron chi connectivity index (χ2n) is 5.22. The van der Waals surface area contributed by atoms with Gasteiger partial charge < -0.3 is 9.88 Å². The van der Waals surface area contributed by atoms with Gasteiger partial charge >= 0.3 is 0 Å². The number of hydrogen-bond acceptors (Lipinski definition) is 2. The number of aryl methyl sites for hydroxylation is 1. The van der Waals surface area contributed by atoms with Crippen LogP contribution in [0, 0.1) is 6.92 Å². The third kappa shape index (κ3) is 3.60. The van der Waals surface area contributed by atoms with Crippen LogP contribution in [-0.2, 0) is 6.54 Å². The summed E-state index contributed by atoms with van der Waals surface area (Å²) < 4.78 is 2.01. The summed E-state index contributed by atoms with van der Waals surface area (Å²) in [5.74, 6) is 0.776. The van der Waals surface area contributed by atoms with Crippen molar-refractivity contribution in [1.82, 2.24) is 9.55 Å². The van der Waals surface area contributed by atoms with Gasteiger partial charge in [-0.3, -0.25) is 4.79 Å². The number of carbonyl (C=O) groups excluding carboxylic acids is 1. The Hall–Kier alpha value is -2.59. The van der Waals surface area contributed by atoms with E-state index in [1.54, 1.807) is 30.5 Å². The first-order chi connectivity index (χ1) is 11.1. The number of hydrogen-bond donors (Lipinski definition) is 1. The highest BCUT2D eigenvalue weighted by molar-refractivity contribution is 6.30. The summed E-state index contributed by atoms with van der Waals surface area (Å²) in [4.78, 5) is 16.8. The number of amides is 1. The first kappa shape index (κ1) is 15.3. The van der Waals surface area contributed by atoms with Gasteiger partial charge in [-0.15, -0.1) is 0 Å². The van der Waals surface area contributed by atoms with Crippen molar-refractivity contribution in [3.05, 3.63) is 82.9 Å². The molecule has 1 N–H and O–H groups in total. The number of aromatic nitrogens is 2. The van der Waals surface area contributed by atoms with Crippen molar-refractivity contribution in [2.45, 2.75) is 13.5 Å². The van der Waals surface area contributed by atoms with E-state index in [2.05, 4.69) is 10.3 Å². The monoisotopic (exact) mass is 325 g/mol. The Balaban J connectivity index is 1.83. The number of imidazole rings is 1. The van der Waals surface area contributed by atoms with Crippen LogP contribution in [0.4, 0.5) is 5.69 Å². The summed E-state index contributed by atoms with van der Waals surface area (Å²) in [5.41, 5.74) is 2.31. The SMILES string of the molecule is Cc1nccn1Cc1ccccc1C(=O)Nc1ccc(Cl)cc1. The van der Waals surface area contributed by atoms with Gasteiger partial charge in [0.15, 0.2) is 0 Å². The van der Waals surface area contributed by atoms with E-state index >= 15 is 0 Å². The maximum atomic E-state index is 12.6. The molecule has 0 bridgehead atoms. The summed E-state index contributed by atoms with van der Waals surface area (Å²) in [6.07, 6.45) is 3.66. The minimum atomic E-state index is -0.138. The average molecular weight is 326 g/mol. The molecule has 4 nitrogen and oxygen atoms in total. The largest absolute Gasteiger partial charge is 0.331 e. The summed E-state index contributed by atoms with van der Waals surface area (Å²) in [6, 6.07) is 14.6. The normalized spacial score (nSPS) is 10.5. The van der Waals surface area contributed by atoms with Gasteiger partial charge in [-0.1, -0.05) is 29.8 Å². The molecule has 3 rings (SSSR count). The van der Waals surface area contributed by atoms with Crippen LogP contribution < -0.4 is 5.32 Å². The zero-order valence-corrected chi connectivity index (χ0v) is 13.4. The van der Waals surface area contributed by atoms with E-state index in [-0.39, 0.29) is 5.91 Å². The highest BCUT2D eigenvalue weighted by Gasteiger charge is 2.12. The van der Waals surface area contributed by atoms with Gasteiger partial charge in [0.2, 0.25) is 0 Å². The molecule has 0 saturated carbocycles. The lowest BCUT2D eigenvalue weighted by Crippen LogP contribution is -2.15. The van der Waals surface area contributed by atoms with Gasteiger partial charge in [-0.2, -0.15) is 0 Å². The molecular formula is C18H16ClN3O. The van der Waals surface area contributed by atoms with Crippen LogP contribution in [0.3, 0.4) is 0 Å². The van der Waals surface area contributed by atoms with Crippen molar-refractivity contribution in [1.29, 1.82) is 0 Å². The van der Waals surface area contributed by atoms with Crippen molar-refractivity contribution >= 4 is 23.2 Å². The Morgan fingerprint density at radius 2 is 1.91 bits per heavy atom. The maximum absolute atomic E-state index is 12.6. The lowest BCUT2D eigenvalue weighted by molar-refractivity contribution is 0.102. The first-order valence-corrected chi connectivity index (χ1v) is 7.64. The number of nitrogens with zero attached hydrogens (tertiary/aromatic N) is 2. The smallest absolute Gasteiger partial charge is 0.256 e. The van der Waals surface area contributed by atoms with Crippen LogP contribution in [0.15, 0.2) is 60.9 Å². The molecule has 1 aromatic heterocycles. The predicted molar refractivity (Wildman–Crippen MR) is 91.9 cm³/mol. The Labute approximate surface area is 139 Å². The molecule has 0 saturated heterocycles. The van der Waals surface area contributed by atoms with Crippen LogP contribution in [0.2, 0.25) is 5.02 Å². The molecule has 3 aromatic rings. The molecule has 0 unspecified atom stereocenters. The Kier molecular flexibility index (Phi) is 4.44. The molecule has 23 heavy (non-hydrogen) atoms. The number of nitrogens with one attached hydrogen (secondary N) is 1. The summed E-state index contributed by atoms with van der Waals surface area (Å²) in [5, 5.41) is 3.54. The molecule has 0 fully saturated rings. The molecule has 0 spiro atoms. The first-order valence-electron chi connectivity index (χ1n) is 7.26. The highest BCUT2D eigenvalue weighted by Crippen LogP contribution is 2.17. The third-order valence-electron chi connectivity index (χ3n) is 3.63. The molecule has 2 aromatic carbocycles. The third-order valence-corrected chi connectivity index (χ3v) is 3.88. The summed E-state index contributed by atoms with van der Waals surface area (Å²) in [7, 11) is 0. The van der Waals surface area contributed by atoms with Gasteiger partial charge in [0.1, 0.15) is 5.82 Å². The number of carbonyl (C=O) groups is 1. The standard InChI is InChI=1S/C18H16ClN3O/c1-13-20-10-11-22(13)12-14-4-2-3-5-17(14)18(23)21-16-8-6-15(19)7-9-16/h2-11H,12H2,1H3,(H,21,23). The van der Waals surface area contributed by atoms with Crippen molar-refractivity contribution in [2.24, 2.45) is 0 Å². The van der Waals surface area contributed by atoms with Crippen LogP contribution >= 0.6 is 11.6 Å². The zero-order valence-electron chi connectivity index (χ0n) is 12.7. The molecule has 5 heteroatoms. The Morgan fingerprint density at radius 1 is 1.17 bits per heavy atom. The molecule has 0 aliphatic heterocycles. The molecule has 0 radical (unpaired) electrons. The number of anilines is 1. The quantitative estimate of drug-likeness (QED) is 0.783. The fourth-order valence-corrected chi connectivity index (χ4v) is 2.49. The molecule has 1 amide bonds. The van der Waals surface area contributed by atoms with Gasteiger partial charge in [0.05, 0.1) is 0 Å². The fraction of sp³-hybridized carbons (Fsp3) is 0.111. The number of benzene rings is 2. The lowest BCUT2D eigenvalue weighted by atomic mass is 10.1. The van der Waals surface area contributed by atoms with Crippen LogP contribution in [0.1, 0.15) is 21.7 Å². The van der Waals surface area contributed by atoms with Crippen LogP contribution in [0.25, 0.3) is 0 Å². The van der Waals surface area contributed by atoms with Crippen molar-refractivity contribution in [3.63, 3.8) is 0 Å². The lowest BCUT2D eigenvalue weighted by Gasteiger charge is -2.12. The molecule has 0 atom stereocenters. The molecule has 0 aliphatic carbocycles. The number of rotatable bonds is 4.